The number of rotatable bonds is 4. The first-order valence-corrected chi connectivity index (χ1v) is 7.06. The lowest BCUT2D eigenvalue weighted by molar-refractivity contribution is 0.412. The van der Waals surface area contributed by atoms with E-state index in [2.05, 4.69) is 57.1 Å². The van der Waals surface area contributed by atoms with Gasteiger partial charge in [-0.15, -0.1) is 0 Å². The summed E-state index contributed by atoms with van der Waals surface area (Å²) in [6.07, 6.45) is 0. The van der Waals surface area contributed by atoms with E-state index in [4.69, 9.17) is 4.74 Å². The Morgan fingerprint density at radius 2 is 2.18 bits per heavy atom. The Balaban J connectivity index is 2.14. The number of anilines is 1. The van der Waals surface area contributed by atoms with E-state index < -0.39 is 0 Å². The third-order valence-corrected chi connectivity index (χ3v) is 3.88. The molecule has 0 amide bonds. The van der Waals surface area contributed by atoms with Gasteiger partial charge >= 0.3 is 0 Å². The zero-order valence-corrected chi connectivity index (χ0v) is 12.1. The zero-order chi connectivity index (χ0) is 12.3. The van der Waals surface area contributed by atoms with E-state index >= 15 is 0 Å². The Kier molecular flexibility index (Phi) is 4.07. The third-order valence-electron chi connectivity index (χ3n) is 2.58. The van der Waals surface area contributed by atoms with Crippen LogP contribution in [0.4, 0.5) is 5.69 Å². The van der Waals surface area contributed by atoms with Crippen molar-refractivity contribution >= 4 is 33.0 Å². The molecule has 2 nitrogen and oxygen atoms in total. The first-order valence-electron chi connectivity index (χ1n) is 5.33. The molecule has 0 aliphatic rings. The first-order chi connectivity index (χ1) is 8.20. The first kappa shape index (κ1) is 12.5. The molecule has 0 aliphatic heterocycles. The topological polar surface area (TPSA) is 21.3 Å². The summed E-state index contributed by atoms with van der Waals surface area (Å²) in [5.74, 6) is 0.858. The number of methoxy groups -OCH3 is 1. The summed E-state index contributed by atoms with van der Waals surface area (Å²) in [7, 11) is 1.67. The highest BCUT2D eigenvalue weighted by atomic mass is 79.9. The highest BCUT2D eigenvalue weighted by Crippen LogP contribution is 2.29. The maximum Gasteiger partial charge on any atom is 0.133 e. The Bertz CT molecular complexity index is 484. The molecule has 1 aromatic heterocycles. The molecule has 17 heavy (non-hydrogen) atoms. The molecular formula is C13H14BrNOS. The van der Waals surface area contributed by atoms with Gasteiger partial charge in [-0.25, -0.2) is 0 Å². The summed E-state index contributed by atoms with van der Waals surface area (Å²) >= 11 is 5.20. The van der Waals surface area contributed by atoms with Crippen LogP contribution in [0.1, 0.15) is 18.5 Å². The van der Waals surface area contributed by atoms with Crippen LogP contribution in [-0.2, 0) is 0 Å². The number of ether oxygens (including phenoxy) is 1. The van der Waals surface area contributed by atoms with Crippen molar-refractivity contribution in [1.82, 2.24) is 0 Å². The van der Waals surface area contributed by atoms with E-state index in [9.17, 15) is 0 Å². The second-order valence-electron chi connectivity index (χ2n) is 3.77. The summed E-state index contributed by atoms with van der Waals surface area (Å²) in [6.45, 7) is 2.14. The smallest absolute Gasteiger partial charge is 0.133 e. The van der Waals surface area contributed by atoms with Gasteiger partial charge in [-0.2, -0.15) is 11.3 Å². The van der Waals surface area contributed by atoms with Crippen LogP contribution < -0.4 is 10.1 Å². The fourth-order valence-electron chi connectivity index (χ4n) is 1.63. The predicted molar refractivity (Wildman–Crippen MR) is 77.1 cm³/mol. The van der Waals surface area contributed by atoms with Crippen LogP contribution in [0.15, 0.2) is 39.5 Å². The van der Waals surface area contributed by atoms with Crippen molar-refractivity contribution in [3.63, 3.8) is 0 Å². The van der Waals surface area contributed by atoms with Crippen molar-refractivity contribution in [2.24, 2.45) is 0 Å². The normalized spacial score (nSPS) is 12.2. The van der Waals surface area contributed by atoms with E-state index in [1.165, 1.54) is 5.56 Å². The molecule has 90 valence electrons. The van der Waals surface area contributed by atoms with Gasteiger partial charge in [0.05, 0.1) is 11.6 Å². The van der Waals surface area contributed by atoms with E-state index in [0.29, 0.717) is 0 Å². The summed E-state index contributed by atoms with van der Waals surface area (Å²) in [4.78, 5) is 0. The minimum Gasteiger partial charge on any atom is -0.496 e. The van der Waals surface area contributed by atoms with Crippen molar-refractivity contribution in [2.45, 2.75) is 13.0 Å². The van der Waals surface area contributed by atoms with Gasteiger partial charge in [0.1, 0.15) is 5.75 Å². The van der Waals surface area contributed by atoms with E-state index in [1.807, 2.05) is 6.07 Å². The quantitative estimate of drug-likeness (QED) is 0.884. The average molecular weight is 312 g/mol. The Labute approximate surface area is 114 Å². The molecule has 0 spiro atoms. The predicted octanol–water partition coefficient (Wildman–Crippen LogP) is 4.69. The summed E-state index contributed by atoms with van der Waals surface area (Å²) in [6, 6.07) is 8.49. The Morgan fingerprint density at radius 1 is 1.35 bits per heavy atom. The van der Waals surface area contributed by atoms with Crippen molar-refractivity contribution in [3.05, 3.63) is 45.1 Å². The highest BCUT2D eigenvalue weighted by molar-refractivity contribution is 9.10. The SMILES string of the molecule is COc1ccc(C(C)Nc2ccsc2)cc1Br. The van der Waals surface area contributed by atoms with Crippen LogP contribution in [-0.4, -0.2) is 7.11 Å². The fraction of sp³-hybridized carbons (Fsp3) is 0.231. The number of thiophene rings is 1. The largest absolute Gasteiger partial charge is 0.496 e. The Hall–Kier alpha value is -1.00. The molecule has 1 aromatic carbocycles. The van der Waals surface area contributed by atoms with Crippen LogP contribution >= 0.6 is 27.3 Å². The maximum absolute atomic E-state index is 5.22. The Morgan fingerprint density at radius 3 is 2.76 bits per heavy atom. The monoisotopic (exact) mass is 311 g/mol. The van der Waals surface area contributed by atoms with Gasteiger partial charge in [-0.1, -0.05) is 6.07 Å². The second-order valence-corrected chi connectivity index (χ2v) is 5.41. The van der Waals surface area contributed by atoms with Gasteiger partial charge in [0, 0.05) is 17.1 Å². The van der Waals surface area contributed by atoms with Crippen molar-refractivity contribution in [3.8, 4) is 5.75 Å². The molecule has 0 saturated carbocycles. The third kappa shape index (κ3) is 3.01. The molecule has 0 bridgehead atoms. The minimum absolute atomic E-state index is 0.270. The van der Waals surface area contributed by atoms with E-state index in [0.717, 1.165) is 15.9 Å². The molecule has 1 unspecified atom stereocenters. The van der Waals surface area contributed by atoms with Gasteiger partial charge in [-0.3, -0.25) is 0 Å². The summed E-state index contributed by atoms with van der Waals surface area (Å²) < 4.78 is 6.20. The van der Waals surface area contributed by atoms with Gasteiger partial charge < -0.3 is 10.1 Å². The molecule has 1 atom stereocenters. The maximum atomic E-state index is 5.22. The van der Waals surface area contributed by atoms with E-state index in [-0.39, 0.29) is 6.04 Å². The minimum atomic E-state index is 0.270. The van der Waals surface area contributed by atoms with E-state index in [1.54, 1.807) is 18.4 Å². The lowest BCUT2D eigenvalue weighted by Crippen LogP contribution is -2.05. The van der Waals surface area contributed by atoms with Gasteiger partial charge in [-0.05, 0) is 52.0 Å². The molecule has 2 rings (SSSR count). The molecule has 4 heteroatoms. The molecule has 1 heterocycles. The number of hydrogen-bond acceptors (Lipinski definition) is 3. The van der Waals surface area contributed by atoms with Gasteiger partial charge in [0.25, 0.3) is 0 Å². The van der Waals surface area contributed by atoms with Crippen LogP contribution in [0.2, 0.25) is 0 Å². The molecular weight excluding hydrogens is 298 g/mol. The lowest BCUT2D eigenvalue weighted by atomic mass is 10.1. The van der Waals surface area contributed by atoms with Crippen LogP contribution in [0, 0.1) is 0 Å². The molecule has 0 radical (unpaired) electrons. The van der Waals surface area contributed by atoms with Crippen molar-refractivity contribution in [2.75, 3.05) is 12.4 Å². The van der Waals surface area contributed by atoms with Crippen molar-refractivity contribution in [1.29, 1.82) is 0 Å². The lowest BCUT2D eigenvalue weighted by Gasteiger charge is -2.15. The molecule has 0 fully saturated rings. The second kappa shape index (κ2) is 5.56. The van der Waals surface area contributed by atoms with Crippen molar-refractivity contribution < 1.29 is 4.74 Å². The number of benzene rings is 1. The summed E-state index contributed by atoms with van der Waals surface area (Å²) in [5, 5.41) is 7.63. The standard InChI is InChI=1S/C13H14BrNOS/c1-9(15-11-5-6-17-8-11)10-3-4-13(16-2)12(14)7-10/h3-9,15H,1-2H3. The average Bonchev–Trinajstić information content (AvgIpc) is 2.81. The highest BCUT2D eigenvalue weighted by Gasteiger charge is 2.08. The molecule has 0 saturated heterocycles. The molecule has 1 N–H and O–H groups in total. The molecule has 0 aliphatic carbocycles. The number of hydrogen-bond donors (Lipinski definition) is 1. The number of halogens is 1. The van der Waals surface area contributed by atoms with Crippen LogP contribution in [0.5, 0.6) is 5.75 Å². The molecule has 2 aromatic rings. The van der Waals surface area contributed by atoms with Gasteiger partial charge in [0.15, 0.2) is 0 Å². The van der Waals surface area contributed by atoms with Gasteiger partial charge in [0.2, 0.25) is 0 Å². The zero-order valence-electron chi connectivity index (χ0n) is 9.74. The fourth-order valence-corrected chi connectivity index (χ4v) is 2.79. The summed E-state index contributed by atoms with van der Waals surface area (Å²) in [5.41, 5.74) is 2.39. The number of nitrogens with one attached hydrogen (secondary N) is 1. The van der Waals surface area contributed by atoms with Crippen LogP contribution in [0.3, 0.4) is 0 Å². The van der Waals surface area contributed by atoms with Crippen LogP contribution in [0.25, 0.3) is 0 Å².